The van der Waals surface area contributed by atoms with Crippen LogP contribution in [0.1, 0.15) is 73.6 Å². The van der Waals surface area contributed by atoms with Gasteiger partial charge in [0.05, 0.1) is 24.3 Å². The molecule has 0 N–H and O–H groups in total. The number of aromatic nitrogens is 2. The first-order valence-corrected chi connectivity index (χ1v) is 12.7. The van der Waals surface area contributed by atoms with E-state index < -0.39 is 5.97 Å². The molecular weight excluding hydrogens is 438 g/mol. The molecule has 3 aromatic rings. The van der Waals surface area contributed by atoms with Gasteiger partial charge in [0.2, 0.25) is 5.91 Å². The number of carbonyl (C=O) groups is 2. The van der Waals surface area contributed by atoms with Crippen LogP contribution in [0, 0.1) is 0 Å². The number of likely N-dealkylation sites (tertiary alicyclic amines) is 1. The summed E-state index contributed by atoms with van der Waals surface area (Å²) in [5, 5.41) is 4.68. The van der Waals surface area contributed by atoms with Crippen LogP contribution in [0.2, 0.25) is 0 Å². The van der Waals surface area contributed by atoms with E-state index in [2.05, 4.69) is 43.2 Å². The second-order valence-corrected chi connectivity index (χ2v) is 9.06. The Bertz CT molecular complexity index is 1130. The van der Waals surface area contributed by atoms with Crippen molar-refractivity contribution in [3.05, 3.63) is 77.5 Å². The highest BCUT2D eigenvalue weighted by atomic mass is 16.5. The van der Waals surface area contributed by atoms with E-state index in [-0.39, 0.29) is 17.9 Å². The third kappa shape index (κ3) is 5.47. The molecule has 1 aromatic heterocycles. The molecule has 2 aromatic carbocycles. The van der Waals surface area contributed by atoms with E-state index in [1.807, 2.05) is 46.0 Å². The average Bonchev–Trinajstić information content (AvgIpc) is 3.36. The Hall–Kier alpha value is -3.41. The van der Waals surface area contributed by atoms with Crippen molar-refractivity contribution in [2.45, 2.75) is 58.4 Å². The fraction of sp³-hybridized carbons (Fsp3) is 0.414. The van der Waals surface area contributed by atoms with Gasteiger partial charge in [-0.05, 0) is 55.4 Å². The number of benzene rings is 2. The van der Waals surface area contributed by atoms with Gasteiger partial charge in [-0.25, -0.2) is 4.79 Å². The van der Waals surface area contributed by atoms with Gasteiger partial charge in [0.25, 0.3) is 0 Å². The van der Waals surface area contributed by atoms with Crippen molar-refractivity contribution in [2.75, 3.05) is 19.7 Å². The Kier molecular flexibility index (Phi) is 8.01. The number of hydrogen-bond donors (Lipinski definition) is 0. The first-order valence-electron chi connectivity index (χ1n) is 12.7. The van der Waals surface area contributed by atoms with E-state index in [4.69, 9.17) is 4.74 Å². The molecule has 4 rings (SSSR count). The van der Waals surface area contributed by atoms with Crippen molar-refractivity contribution in [2.24, 2.45) is 0 Å². The topological polar surface area (TPSA) is 64.4 Å². The third-order valence-electron chi connectivity index (χ3n) is 6.91. The SMILES string of the molecule is CCOC(=O)c1cc(-c2ccc(CC)cc2)n(C2CCN(C(=O)[C@H](CC)c3ccccc3)CC2)n1. The molecule has 0 radical (unpaired) electrons. The molecule has 1 aliphatic heterocycles. The standard InChI is InChI=1S/C29H35N3O3/c1-4-21-12-14-23(15-13-21)27-20-26(29(34)35-6-3)30-32(27)24-16-18-31(19-17-24)28(33)25(5-2)22-10-8-7-9-11-22/h7-15,20,24-25H,4-6,16-19H2,1-3H3/t25-/m1/s1. The van der Waals surface area contributed by atoms with Gasteiger partial charge in [-0.1, -0.05) is 68.4 Å². The molecule has 0 spiro atoms. The van der Waals surface area contributed by atoms with Crippen molar-refractivity contribution >= 4 is 11.9 Å². The van der Waals surface area contributed by atoms with Gasteiger partial charge in [0.1, 0.15) is 0 Å². The largest absolute Gasteiger partial charge is 0.461 e. The normalized spacial score (nSPS) is 15.1. The molecule has 0 bridgehead atoms. The van der Waals surface area contributed by atoms with Crippen LogP contribution in [0.4, 0.5) is 0 Å². The number of esters is 1. The van der Waals surface area contributed by atoms with Crippen LogP contribution in [0.5, 0.6) is 0 Å². The van der Waals surface area contributed by atoms with Crippen LogP contribution in [0.3, 0.4) is 0 Å². The Morgan fingerprint density at radius 3 is 2.29 bits per heavy atom. The number of amides is 1. The predicted molar refractivity (Wildman–Crippen MR) is 137 cm³/mol. The monoisotopic (exact) mass is 473 g/mol. The van der Waals surface area contributed by atoms with Crippen LogP contribution < -0.4 is 0 Å². The van der Waals surface area contributed by atoms with Crippen molar-refractivity contribution < 1.29 is 14.3 Å². The fourth-order valence-electron chi connectivity index (χ4n) is 4.89. The van der Waals surface area contributed by atoms with E-state index in [1.54, 1.807) is 6.92 Å². The van der Waals surface area contributed by atoms with Crippen LogP contribution in [-0.4, -0.2) is 46.3 Å². The van der Waals surface area contributed by atoms with Crippen molar-refractivity contribution in [1.29, 1.82) is 0 Å². The van der Waals surface area contributed by atoms with Gasteiger partial charge in [-0.2, -0.15) is 5.10 Å². The first-order chi connectivity index (χ1) is 17.0. The van der Waals surface area contributed by atoms with Crippen molar-refractivity contribution in [3.8, 4) is 11.3 Å². The zero-order chi connectivity index (χ0) is 24.8. The summed E-state index contributed by atoms with van der Waals surface area (Å²) in [6.45, 7) is 7.66. The molecule has 0 aliphatic carbocycles. The second kappa shape index (κ2) is 11.3. The smallest absolute Gasteiger partial charge is 0.358 e. The quantitative estimate of drug-likeness (QED) is 0.397. The van der Waals surface area contributed by atoms with Crippen LogP contribution in [-0.2, 0) is 16.0 Å². The maximum absolute atomic E-state index is 13.3. The van der Waals surface area contributed by atoms with Gasteiger partial charge in [0.15, 0.2) is 5.69 Å². The molecule has 1 amide bonds. The molecule has 2 heterocycles. The lowest BCUT2D eigenvalue weighted by Crippen LogP contribution is -2.41. The minimum Gasteiger partial charge on any atom is -0.461 e. The number of piperidine rings is 1. The maximum Gasteiger partial charge on any atom is 0.358 e. The number of ether oxygens (including phenoxy) is 1. The minimum absolute atomic E-state index is 0.111. The van der Waals surface area contributed by atoms with E-state index >= 15 is 0 Å². The highest BCUT2D eigenvalue weighted by Gasteiger charge is 2.30. The molecule has 35 heavy (non-hydrogen) atoms. The number of carbonyl (C=O) groups excluding carboxylic acids is 2. The summed E-state index contributed by atoms with van der Waals surface area (Å²) in [6, 6.07) is 20.4. The predicted octanol–water partition coefficient (Wildman–Crippen LogP) is 5.65. The van der Waals surface area contributed by atoms with Gasteiger partial charge >= 0.3 is 5.97 Å². The molecule has 1 atom stereocenters. The molecule has 0 saturated carbocycles. The Labute approximate surface area is 207 Å². The van der Waals surface area contributed by atoms with Crippen molar-refractivity contribution in [1.82, 2.24) is 14.7 Å². The van der Waals surface area contributed by atoms with E-state index in [1.165, 1.54) is 5.56 Å². The first kappa shape index (κ1) is 24.7. The maximum atomic E-state index is 13.3. The zero-order valence-electron chi connectivity index (χ0n) is 20.9. The highest BCUT2D eigenvalue weighted by molar-refractivity contribution is 5.88. The number of hydrogen-bond acceptors (Lipinski definition) is 4. The van der Waals surface area contributed by atoms with Gasteiger partial charge in [0, 0.05) is 13.1 Å². The van der Waals surface area contributed by atoms with Gasteiger partial charge in [-0.15, -0.1) is 0 Å². The number of aryl methyl sites for hydroxylation is 1. The summed E-state index contributed by atoms with van der Waals surface area (Å²) in [5.74, 6) is -0.320. The minimum atomic E-state index is -0.404. The molecule has 6 nitrogen and oxygen atoms in total. The van der Waals surface area contributed by atoms with Crippen LogP contribution in [0.15, 0.2) is 60.7 Å². The van der Waals surface area contributed by atoms with E-state index in [9.17, 15) is 9.59 Å². The Morgan fingerprint density at radius 2 is 1.69 bits per heavy atom. The lowest BCUT2D eigenvalue weighted by atomic mass is 9.93. The van der Waals surface area contributed by atoms with Gasteiger partial charge in [-0.3, -0.25) is 9.48 Å². The zero-order valence-corrected chi connectivity index (χ0v) is 20.9. The lowest BCUT2D eigenvalue weighted by molar-refractivity contribution is -0.134. The Morgan fingerprint density at radius 1 is 1.00 bits per heavy atom. The van der Waals surface area contributed by atoms with E-state index in [0.717, 1.165) is 42.5 Å². The van der Waals surface area contributed by atoms with Crippen molar-refractivity contribution in [3.63, 3.8) is 0 Å². The molecule has 1 aliphatic rings. The molecule has 0 unspecified atom stereocenters. The lowest BCUT2D eigenvalue weighted by Gasteiger charge is -2.35. The molecule has 1 saturated heterocycles. The summed E-state index contributed by atoms with van der Waals surface area (Å²) in [5.41, 5.74) is 4.61. The number of nitrogens with zero attached hydrogens (tertiary/aromatic N) is 3. The molecular formula is C29H35N3O3. The summed E-state index contributed by atoms with van der Waals surface area (Å²) >= 11 is 0. The summed E-state index contributed by atoms with van der Waals surface area (Å²) in [7, 11) is 0. The summed E-state index contributed by atoms with van der Waals surface area (Å²) in [6.07, 6.45) is 3.34. The second-order valence-electron chi connectivity index (χ2n) is 9.06. The third-order valence-corrected chi connectivity index (χ3v) is 6.91. The molecule has 6 heteroatoms. The molecule has 184 valence electrons. The van der Waals surface area contributed by atoms with Gasteiger partial charge < -0.3 is 9.64 Å². The van der Waals surface area contributed by atoms with Crippen LogP contribution in [0.25, 0.3) is 11.3 Å². The molecule has 1 fully saturated rings. The van der Waals surface area contributed by atoms with Crippen LogP contribution >= 0.6 is 0 Å². The number of rotatable bonds is 8. The fourth-order valence-corrected chi connectivity index (χ4v) is 4.89. The summed E-state index contributed by atoms with van der Waals surface area (Å²) in [4.78, 5) is 27.8. The Balaban J connectivity index is 1.54. The highest BCUT2D eigenvalue weighted by Crippen LogP contribution is 2.32. The van der Waals surface area contributed by atoms with E-state index in [0.29, 0.717) is 25.4 Å². The summed E-state index contributed by atoms with van der Waals surface area (Å²) < 4.78 is 7.19. The average molecular weight is 474 g/mol.